The van der Waals surface area contributed by atoms with Crippen LogP contribution in [0.5, 0.6) is 5.75 Å². The maximum atomic E-state index is 11.8. The van der Waals surface area contributed by atoms with Crippen molar-refractivity contribution in [3.05, 3.63) is 29.8 Å². The topological polar surface area (TPSA) is 21.3 Å². The fourth-order valence-corrected chi connectivity index (χ4v) is 1.11. The van der Waals surface area contributed by atoms with Crippen molar-refractivity contribution in [2.45, 2.75) is 19.6 Å². The van der Waals surface area contributed by atoms with Crippen molar-refractivity contribution in [1.82, 2.24) is 5.32 Å². The third-order valence-corrected chi connectivity index (χ3v) is 1.78. The van der Waals surface area contributed by atoms with E-state index in [4.69, 9.17) is 0 Å². The Labute approximate surface area is 90.2 Å². The molecule has 2 nitrogen and oxygen atoms in total. The summed E-state index contributed by atoms with van der Waals surface area (Å²) in [6.45, 7) is -2.99. The Morgan fingerprint density at radius 2 is 1.69 bits per heavy atom. The van der Waals surface area contributed by atoms with Crippen LogP contribution in [0.15, 0.2) is 24.3 Å². The van der Waals surface area contributed by atoms with Crippen LogP contribution < -0.4 is 10.1 Å². The molecular formula is C10H11F4NO. The van der Waals surface area contributed by atoms with Gasteiger partial charge in [-0.15, -0.1) is 0 Å². The summed E-state index contributed by atoms with van der Waals surface area (Å²) >= 11 is 0. The minimum absolute atomic E-state index is 0.0487. The minimum Gasteiger partial charge on any atom is -0.435 e. The first-order valence-electron chi connectivity index (χ1n) is 4.60. The summed E-state index contributed by atoms with van der Waals surface area (Å²) in [7, 11) is 0. The van der Waals surface area contributed by atoms with Gasteiger partial charge in [-0.1, -0.05) is 12.1 Å². The van der Waals surface area contributed by atoms with Crippen LogP contribution in [0, 0.1) is 0 Å². The molecule has 0 saturated heterocycles. The van der Waals surface area contributed by atoms with Crippen molar-refractivity contribution in [2.75, 3.05) is 6.54 Å². The van der Waals surface area contributed by atoms with E-state index in [0.717, 1.165) is 5.56 Å². The van der Waals surface area contributed by atoms with Crippen LogP contribution in [0.3, 0.4) is 0 Å². The van der Waals surface area contributed by atoms with Gasteiger partial charge in [-0.3, -0.25) is 0 Å². The lowest BCUT2D eigenvalue weighted by atomic mass is 10.2. The molecule has 0 amide bonds. The first kappa shape index (κ1) is 12.8. The average molecular weight is 237 g/mol. The maximum absolute atomic E-state index is 11.8. The molecule has 16 heavy (non-hydrogen) atoms. The second kappa shape index (κ2) is 6.32. The van der Waals surface area contributed by atoms with Crippen molar-refractivity contribution in [3.8, 4) is 5.75 Å². The molecular weight excluding hydrogens is 226 g/mol. The van der Waals surface area contributed by atoms with Gasteiger partial charge in [0.15, 0.2) is 0 Å². The molecule has 0 aromatic heterocycles. The van der Waals surface area contributed by atoms with Crippen molar-refractivity contribution >= 4 is 0 Å². The third-order valence-electron chi connectivity index (χ3n) is 1.78. The zero-order chi connectivity index (χ0) is 12.0. The van der Waals surface area contributed by atoms with Crippen molar-refractivity contribution < 1.29 is 22.3 Å². The van der Waals surface area contributed by atoms with E-state index in [1.54, 1.807) is 0 Å². The second-order valence-electron chi connectivity index (χ2n) is 3.04. The fourth-order valence-electron chi connectivity index (χ4n) is 1.11. The zero-order valence-corrected chi connectivity index (χ0v) is 8.30. The van der Waals surface area contributed by atoms with Crippen molar-refractivity contribution in [1.29, 1.82) is 0 Å². The number of rotatable bonds is 6. The van der Waals surface area contributed by atoms with E-state index in [0.29, 0.717) is 0 Å². The highest BCUT2D eigenvalue weighted by Crippen LogP contribution is 2.14. The van der Waals surface area contributed by atoms with E-state index < -0.39 is 19.6 Å². The lowest BCUT2D eigenvalue weighted by Crippen LogP contribution is -2.20. The Kier molecular flexibility index (Phi) is 5.04. The predicted molar refractivity (Wildman–Crippen MR) is 50.8 cm³/mol. The van der Waals surface area contributed by atoms with Crippen LogP contribution in [0.25, 0.3) is 0 Å². The van der Waals surface area contributed by atoms with Crippen LogP contribution in [-0.4, -0.2) is 19.6 Å². The average Bonchev–Trinajstić information content (AvgIpc) is 2.19. The molecule has 0 heterocycles. The Hall–Kier alpha value is -1.30. The highest BCUT2D eigenvalue weighted by molar-refractivity contribution is 5.27. The van der Waals surface area contributed by atoms with Gasteiger partial charge in [-0.05, 0) is 17.7 Å². The highest BCUT2D eigenvalue weighted by Gasteiger charge is 2.04. The summed E-state index contributed by atoms with van der Waals surface area (Å²) in [6.07, 6.45) is -2.40. The Bertz CT molecular complexity index is 302. The fraction of sp³-hybridized carbons (Fsp3) is 0.400. The first-order valence-corrected chi connectivity index (χ1v) is 4.60. The van der Waals surface area contributed by atoms with E-state index >= 15 is 0 Å². The summed E-state index contributed by atoms with van der Waals surface area (Å²) in [5.74, 6) is 0.0487. The number of ether oxygens (including phenoxy) is 1. The SMILES string of the molecule is FC(F)CNCc1ccc(OC(F)F)cc1. The number of benzene rings is 1. The Morgan fingerprint density at radius 3 is 2.19 bits per heavy atom. The minimum atomic E-state index is -2.86. The quantitative estimate of drug-likeness (QED) is 0.768. The molecule has 6 heteroatoms. The molecule has 0 aliphatic rings. The van der Waals surface area contributed by atoms with Gasteiger partial charge in [0.25, 0.3) is 6.43 Å². The van der Waals surface area contributed by atoms with Crippen LogP contribution in [0.2, 0.25) is 0 Å². The number of halogens is 4. The van der Waals surface area contributed by atoms with E-state index in [1.165, 1.54) is 24.3 Å². The molecule has 1 N–H and O–H groups in total. The number of hydrogen-bond donors (Lipinski definition) is 1. The zero-order valence-electron chi connectivity index (χ0n) is 8.30. The number of hydrogen-bond acceptors (Lipinski definition) is 2. The Balaban J connectivity index is 2.39. The molecule has 0 bridgehead atoms. The van der Waals surface area contributed by atoms with Crippen LogP contribution >= 0.6 is 0 Å². The molecule has 0 saturated carbocycles. The van der Waals surface area contributed by atoms with Gasteiger partial charge >= 0.3 is 6.61 Å². The molecule has 0 fully saturated rings. The maximum Gasteiger partial charge on any atom is 0.387 e. The standard InChI is InChI=1S/C10H11F4NO/c11-9(12)6-15-5-7-1-3-8(4-2-7)16-10(13)14/h1-4,9-10,15H,5-6H2. The molecule has 0 unspecified atom stereocenters. The van der Waals surface area contributed by atoms with Gasteiger partial charge in [0.1, 0.15) is 5.75 Å². The molecule has 0 radical (unpaired) electrons. The van der Waals surface area contributed by atoms with Gasteiger partial charge in [0.2, 0.25) is 0 Å². The Morgan fingerprint density at radius 1 is 1.06 bits per heavy atom. The summed E-state index contributed by atoms with van der Waals surface area (Å²) in [6, 6.07) is 5.81. The molecule has 1 rings (SSSR count). The molecule has 0 aliphatic carbocycles. The normalized spacial score (nSPS) is 11.1. The van der Waals surface area contributed by atoms with Crippen molar-refractivity contribution in [2.24, 2.45) is 0 Å². The predicted octanol–water partition coefficient (Wildman–Crippen LogP) is 2.64. The van der Waals surface area contributed by atoms with E-state index in [2.05, 4.69) is 10.1 Å². The molecule has 0 aliphatic heterocycles. The molecule has 90 valence electrons. The van der Waals surface area contributed by atoms with Crippen LogP contribution in [0.1, 0.15) is 5.56 Å². The summed E-state index contributed by atoms with van der Waals surface area (Å²) in [5, 5.41) is 2.52. The molecule has 1 aromatic rings. The van der Waals surface area contributed by atoms with Gasteiger partial charge < -0.3 is 10.1 Å². The van der Waals surface area contributed by atoms with Crippen LogP contribution in [-0.2, 0) is 6.54 Å². The largest absolute Gasteiger partial charge is 0.435 e. The second-order valence-corrected chi connectivity index (χ2v) is 3.04. The van der Waals surface area contributed by atoms with Gasteiger partial charge in [0, 0.05) is 6.54 Å². The molecule has 0 spiro atoms. The van der Waals surface area contributed by atoms with E-state index in [1.807, 2.05) is 0 Å². The number of nitrogens with one attached hydrogen (secondary N) is 1. The van der Waals surface area contributed by atoms with Gasteiger partial charge in [-0.2, -0.15) is 8.78 Å². The van der Waals surface area contributed by atoms with E-state index in [9.17, 15) is 17.6 Å². The smallest absolute Gasteiger partial charge is 0.387 e. The highest BCUT2D eigenvalue weighted by atomic mass is 19.3. The van der Waals surface area contributed by atoms with Gasteiger partial charge in [-0.25, -0.2) is 8.78 Å². The molecule has 0 atom stereocenters. The lowest BCUT2D eigenvalue weighted by Gasteiger charge is -2.06. The van der Waals surface area contributed by atoms with Gasteiger partial charge in [0.05, 0.1) is 6.54 Å². The third kappa shape index (κ3) is 4.97. The van der Waals surface area contributed by atoms with E-state index in [-0.39, 0.29) is 12.3 Å². The lowest BCUT2D eigenvalue weighted by molar-refractivity contribution is -0.0498. The monoisotopic (exact) mass is 237 g/mol. The van der Waals surface area contributed by atoms with Crippen molar-refractivity contribution in [3.63, 3.8) is 0 Å². The molecule has 1 aromatic carbocycles. The van der Waals surface area contributed by atoms with Crippen LogP contribution in [0.4, 0.5) is 17.6 Å². The summed E-state index contributed by atoms with van der Waals surface area (Å²) in [4.78, 5) is 0. The summed E-state index contributed by atoms with van der Waals surface area (Å²) in [5.41, 5.74) is 0.724. The first-order chi connectivity index (χ1) is 7.58. The number of alkyl halides is 4. The summed E-state index contributed by atoms with van der Waals surface area (Å²) < 4.78 is 51.3.